The molecule has 28 heavy (non-hydrogen) atoms. The average molecular weight is 394 g/mol. The first-order valence-electron chi connectivity index (χ1n) is 8.97. The Morgan fingerprint density at radius 3 is 2.79 bits per heavy atom. The van der Waals surface area contributed by atoms with Crippen LogP contribution in [-0.2, 0) is 4.79 Å². The second kappa shape index (κ2) is 6.80. The molecule has 2 aliphatic rings. The molecule has 6 nitrogen and oxygen atoms in total. The van der Waals surface area contributed by atoms with E-state index in [1.807, 2.05) is 42.5 Å². The smallest absolute Gasteiger partial charge is 0.243 e. The Labute approximate surface area is 166 Å². The maximum atomic E-state index is 12.3. The van der Waals surface area contributed by atoms with E-state index in [2.05, 4.69) is 15.5 Å². The molecule has 3 aromatic rings. The first-order valence-corrected chi connectivity index (χ1v) is 9.34. The van der Waals surface area contributed by atoms with Gasteiger partial charge in [0.15, 0.2) is 11.5 Å². The molecule has 0 spiro atoms. The Bertz CT molecular complexity index is 1100. The van der Waals surface area contributed by atoms with E-state index in [9.17, 15) is 4.79 Å². The minimum atomic E-state index is -0.0849. The lowest BCUT2D eigenvalue weighted by molar-refractivity contribution is -0.122. The standard InChI is InChI=1S/C21H16ClN3O3/c22-20-14(6-13-7-18-19(28-11-27-18)9-17(13)24-20)10-23-25-21(26)16-8-15(16)12-4-2-1-3-5-12/h1-7,9-10,15-16H,8,11H2,(H,25,26)/t15-,16+/m1/s1. The van der Waals surface area contributed by atoms with Gasteiger partial charge < -0.3 is 9.47 Å². The number of carbonyl (C=O) groups excluding carboxylic acids is 1. The van der Waals surface area contributed by atoms with Crippen LogP contribution in [0.2, 0.25) is 5.15 Å². The predicted octanol–water partition coefficient (Wildman–Crippen LogP) is 3.87. The highest BCUT2D eigenvalue weighted by atomic mass is 35.5. The minimum Gasteiger partial charge on any atom is -0.454 e. The molecule has 2 atom stereocenters. The zero-order valence-corrected chi connectivity index (χ0v) is 15.5. The lowest BCUT2D eigenvalue weighted by Crippen LogP contribution is -2.20. The van der Waals surface area contributed by atoms with Crippen molar-refractivity contribution in [1.29, 1.82) is 0 Å². The maximum absolute atomic E-state index is 12.3. The molecule has 1 aliphatic carbocycles. The molecule has 0 unspecified atom stereocenters. The summed E-state index contributed by atoms with van der Waals surface area (Å²) in [5.41, 5.74) is 5.12. The van der Waals surface area contributed by atoms with Gasteiger partial charge in [-0.1, -0.05) is 41.9 Å². The van der Waals surface area contributed by atoms with Crippen molar-refractivity contribution in [1.82, 2.24) is 10.4 Å². The summed E-state index contributed by atoms with van der Waals surface area (Å²) in [5.74, 6) is 1.48. The third-order valence-corrected chi connectivity index (χ3v) is 5.33. The first-order chi connectivity index (χ1) is 13.7. The van der Waals surface area contributed by atoms with Crippen LogP contribution in [-0.4, -0.2) is 23.9 Å². The van der Waals surface area contributed by atoms with Gasteiger partial charge in [0.1, 0.15) is 5.15 Å². The van der Waals surface area contributed by atoms with Crippen LogP contribution in [0.3, 0.4) is 0 Å². The van der Waals surface area contributed by atoms with Gasteiger partial charge in [-0.3, -0.25) is 4.79 Å². The molecule has 0 saturated heterocycles. The van der Waals surface area contributed by atoms with Crippen LogP contribution in [0, 0.1) is 5.92 Å². The van der Waals surface area contributed by atoms with Crippen LogP contribution in [0.4, 0.5) is 0 Å². The van der Waals surface area contributed by atoms with Crippen molar-refractivity contribution in [3.8, 4) is 11.5 Å². The van der Waals surface area contributed by atoms with Crippen molar-refractivity contribution >= 4 is 34.6 Å². The van der Waals surface area contributed by atoms with Gasteiger partial charge in [-0.25, -0.2) is 10.4 Å². The Balaban J connectivity index is 1.29. The van der Waals surface area contributed by atoms with Crippen LogP contribution in [0.25, 0.3) is 10.9 Å². The molecule has 0 radical (unpaired) electrons. The number of fused-ring (bicyclic) bond motifs is 2. The van der Waals surface area contributed by atoms with Crippen LogP contribution in [0.15, 0.2) is 53.6 Å². The second-order valence-corrected chi connectivity index (χ2v) is 7.22. The highest BCUT2D eigenvalue weighted by Crippen LogP contribution is 2.47. The largest absolute Gasteiger partial charge is 0.454 e. The number of carbonyl (C=O) groups is 1. The molecular formula is C21H16ClN3O3. The normalized spacial score (nSPS) is 19.9. The molecule has 1 N–H and O–H groups in total. The molecule has 1 amide bonds. The Hall–Kier alpha value is -3.12. The van der Waals surface area contributed by atoms with Gasteiger partial charge in [-0.2, -0.15) is 5.10 Å². The third kappa shape index (κ3) is 3.16. The molecule has 7 heteroatoms. The van der Waals surface area contributed by atoms with Crippen LogP contribution in [0.1, 0.15) is 23.5 Å². The number of hydrogen-bond acceptors (Lipinski definition) is 5. The van der Waals surface area contributed by atoms with E-state index < -0.39 is 0 Å². The van der Waals surface area contributed by atoms with E-state index in [1.54, 1.807) is 6.07 Å². The van der Waals surface area contributed by atoms with Crippen LogP contribution in [0.5, 0.6) is 11.5 Å². The van der Waals surface area contributed by atoms with E-state index >= 15 is 0 Å². The summed E-state index contributed by atoms with van der Waals surface area (Å²) in [6.45, 7) is 0.199. The number of benzene rings is 2. The number of hydrazone groups is 1. The van der Waals surface area contributed by atoms with Gasteiger partial charge in [0.2, 0.25) is 12.7 Å². The molecule has 0 bridgehead atoms. The molecule has 2 aromatic carbocycles. The van der Waals surface area contributed by atoms with Gasteiger partial charge in [0.05, 0.1) is 11.7 Å². The topological polar surface area (TPSA) is 72.8 Å². The van der Waals surface area contributed by atoms with Gasteiger partial charge in [0.25, 0.3) is 0 Å². The number of aromatic nitrogens is 1. The summed E-state index contributed by atoms with van der Waals surface area (Å²) in [6.07, 6.45) is 2.36. The number of nitrogens with one attached hydrogen (secondary N) is 1. The zero-order valence-electron chi connectivity index (χ0n) is 14.8. The number of nitrogens with zero attached hydrogens (tertiary/aromatic N) is 2. The summed E-state index contributed by atoms with van der Waals surface area (Å²) >= 11 is 6.26. The zero-order chi connectivity index (χ0) is 19.1. The molecule has 1 aliphatic heterocycles. The molecule has 2 heterocycles. The average Bonchev–Trinajstić information content (AvgIpc) is 3.39. The number of rotatable bonds is 4. The summed E-state index contributed by atoms with van der Waals surface area (Å²) in [6, 6.07) is 15.5. The Morgan fingerprint density at radius 2 is 1.96 bits per heavy atom. The van der Waals surface area contributed by atoms with E-state index in [0.717, 1.165) is 11.8 Å². The van der Waals surface area contributed by atoms with Crippen molar-refractivity contribution in [2.24, 2.45) is 11.0 Å². The molecule has 1 saturated carbocycles. The molecular weight excluding hydrogens is 378 g/mol. The fraction of sp³-hybridized carbons (Fsp3) is 0.190. The lowest BCUT2D eigenvalue weighted by Gasteiger charge is -2.04. The highest BCUT2D eigenvalue weighted by molar-refractivity contribution is 6.32. The maximum Gasteiger partial charge on any atom is 0.243 e. The number of amides is 1. The first kappa shape index (κ1) is 17.0. The van der Waals surface area contributed by atoms with Crippen LogP contribution >= 0.6 is 11.6 Å². The second-order valence-electron chi connectivity index (χ2n) is 6.86. The summed E-state index contributed by atoms with van der Waals surface area (Å²) < 4.78 is 10.8. The van der Waals surface area contributed by atoms with Crippen molar-refractivity contribution in [2.45, 2.75) is 12.3 Å². The van der Waals surface area contributed by atoms with Crippen molar-refractivity contribution in [3.05, 3.63) is 64.8 Å². The quantitative estimate of drug-likeness (QED) is 0.415. The van der Waals surface area contributed by atoms with Crippen molar-refractivity contribution < 1.29 is 14.3 Å². The number of hydrogen-bond donors (Lipinski definition) is 1. The molecule has 1 fully saturated rings. The summed E-state index contributed by atoms with van der Waals surface area (Å²) in [4.78, 5) is 16.7. The number of ether oxygens (including phenoxy) is 2. The van der Waals surface area contributed by atoms with Gasteiger partial charge >= 0.3 is 0 Å². The van der Waals surface area contributed by atoms with Gasteiger partial charge in [-0.15, -0.1) is 0 Å². The molecule has 5 rings (SSSR count). The Morgan fingerprint density at radius 1 is 1.18 bits per heavy atom. The van der Waals surface area contributed by atoms with E-state index in [4.69, 9.17) is 21.1 Å². The lowest BCUT2D eigenvalue weighted by atomic mass is 10.1. The van der Waals surface area contributed by atoms with E-state index in [0.29, 0.717) is 27.7 Å². The highest BCUT2D eigenvalue weighted by Gasteiger charge is 2.43. The van der Waals surface area contributed by atoms with Gasteiger partial charge in [-0.05, 0) is 30.0 Å². The molecule has 140 valence electrons. The van der Waals surface area contributed by atoms with Crippen molar-refractivity contribution in [2.75, 3.05) is 6.79 Å². The fourth-order valence-electron chi connectivity index (χ4n) is 3.45. The number of pyridine rings is 1. The van der Waals surface area contributed by atoms with Gasteiger partial charge in [0, 0.05) is 22.9 Å². The van der Waals surface area contributed by atoms with E-state index in [1.165, 1.54) is 11.8 Å². The van der Waals surface area contributed by atoms with Crippen LogP contribution < -0.4 is 14.9 Å². The monoisotopic (exact) mass is 393 g/mol. The Kier molecular flexibility index (Phi) is 4.13. The molecule has 1 aromatic heterocycles. The SMILES string of the molecule is O=C(NN=Cc1cc2cc3c(cc2nc1Cl)OCO3)[C@H]1C[C@@H]1c1ccccc1. The fourth-order valence-corrected chi connectivity index (χ4v) is 3.64. The summed E-state index contributed by atoms with van der Waals surface area (Å²) in [5, 5.41) is 5.22. The van der Waals surface area contributed by atoms with E-state index in [-0.39, 0.29) is 24.5 Å². The van der Waals surface area contributed by atoms with Crippen molar-refractivity contribution in [3.63, 3.8) is 0 Å². The summed E-state index contributed by atoms with van der Waals surface area (Å²) in [7, 11) is 0. The predicted molar refractivity (Wildman–Crippen MR) is 106 cm³/mol. The third-order valence-electron chi connectivity index (χ3n) is 5.02. The minimum absolute atomic E-state index is 0.0375. The number of halogens is 1.